The van der Waals surface area contributed by atoms with Crippen LogP contribution in [0.25, 0.3) is 0 Å². The Morgan fingerprint density at radius 3 is 2.60 bits per heavy atom. The monoisotopic (exact) mass is 140 g/mol. The summed E-state index contributed by atoms with van der Waals surface area (Å²) in [6, 6.07) is 0. The van der Waals surface area contributed by atoms with Crippen molar-refractivity contribution in [3.8, 4) is 0 Å². The molecule has 54 valence electrons. The maximum Gasteiger partial charge on any atom is 0.248 e. The van der Waals surface area contributed by atoms with Crippen LogP contribution in [0.1, 0.15) is 0 Å². The summed E-state index contributed by atoms with van der Waals surface area (Å²) in [6.45, 7) is 3.77. The second kappa shape index (κ2) is 2.51. The van der Waals surface area contributed by atoms with E-state index < -0.39 is 0 Å². The molecular weight excluding hydrogens is 132 g/mol. The second-order valence-corrected chi connectivity index (χ2v) is 2.06. The van der Waals surface area contributed by atoms with Crippen LogP contribution in [0.3, 0.4) is 0 Å². The summed E-state index contributed by atoms with van der Waals surface area (Å²) in [4.78, 5) is 21.4. The van der Waals surface area contributed by atoms with Gasteiger partial charge in [0.1, 0.15) is 0 Å². The van der Waals surface area contributed by atoms with Crippen LogP contribution in [0.2, 0.25) is 0 Å². The third kappa shape index (κ3) is 1.34. The van der Waals surface area contributed by atoms with Gasteiger partial charge in [-0.05, 0) is 0 Å². The predicted octanol–water partition coefficient (Wildman–Crippen LogP) is -1.21. The molecule has 1 rings (SSSR count). The van der Waals surface area contributed by atoms with Crippen LogP contribution >= 0.6 is 0 Å². The van der Waals surface area contributed by atoms with E-state index >= 15 is 0 Å². The van der Waals surface area contributed by atoms with Gasteiger partial charge in [0.15, 0.2) is 0 Å². The van der Waals surface area contributed by atoms with Gasteiger partial charge in [-0.2, -0.15) is 0 Å². The number of amides is 2. The van der Waals surface area contributed by atoms with Crippen LogP contribution < -0.4 is 10.6 Å². The van der Waals surface area contributed by atoms with Crippen LogP contribution in [-0.2, 0) is 9.59 Å². The summed E-state index contributed by atoms with van der Waals surface area (Å²) in [6.07, 6.45) is 0. The molecule has 4 heteroatoms. The van der Waals surface area contributed by atoms with Crippen molar-refractivity contribution >= 4 is 11.8 Å². The van der Waals surface area contributed by atoms with Gasteiger partial charge >= 0.3 is 0 Å². The fourth-order valence-corrected chi connectivity index (χ4v) is 0.634. The molecule has 4 nitrogen and oxygen atoms in total. The van der Waals surface area contributed by atoms with E-state index in [9.17, 15) is 9.59 Å². The van der Waals surface area contributed by atoms with E-state index in [2.05, 4.69) is 17.2 Å². The molecule has 0 aliphatic carbocycles. The lowest BCUT2D eigenvalue weighted by Gasteiger charge is -1.95. The van der Waals surface area contributed by atoms with Crippen molar-refractivity contribution in [2.45, 2.75) is 0 Å². The Morgan fingerprint density at radius 1 is 1.20 bits per heavy atom. The first-order valence-corrected chi connectivity index (χ1v) is 2.93. The highest BCUT2D eigenvalue weighted by Gasteiger charge is 2.13. The lowest BCUT2D eigenvalue weighted by atomic mass is 10.3. The highest BCUT2D eigenvalue weighted by molar-refractivity contribution is 5.98. The van der Waals surface area contributed by atoms with Crippen molar-refractivity contribution in [1.82, 2.24) is 10.6 Å². The van der Waals surface area contributed by atoms with E-state index in [1.807, 2.05) is 0 Å². The number of carbonyl (C=O) groups is 2. The molecule has 0 aromatic rings. The van der Waals surface area contributed by atoms with Crippen molar-refractivity contribution in [2.75, 3.05) is 13.1 Å². The minimum Gasteiger partial charge on any atom is -0.350 e. The zero-order valence-electron chi connectivity index (χ0n) is 5.44. The summed E-state index contributed by atoms with van der Waals surface area (Å²) in [7, 11) is 0. The molecule has 1 saturated heterocycles. The van der Waals surface area contributed by atoms with Gasteiger partial charge in [0.05, 0.1) is 6.54 Å². The third-order valence-corrected chi connectivity index (χ3v) is 1.23. The number of rotatable bonds is 0. The van der Waals surface area contributed by atoms with E-state index in [0.717, 1.165) is 0 Å². The largest absolute Gasteiger partial charge is 0.350 e. The molecule has 0 bridgehead atoms. The normalized spacial score (nSPS) is 19.4. The highest BCUT2D eigenvalue weighted by atomic mass is 16.2. The molecule has 0 aromatic carbocycles. The Balaban J connectivity index is 2.63. The minimum atomic E-state index is -0.252. The van der Waals surface area contributed by atoms with Gasteiger partial charge in [-0.25, -0.2) is 0 Å². The predicted molar refractivity (Wildman–Crippen MR) is 35.2 cm³/mol. The standard InChI is InChI=1S/C6H8N2O2/c1-4-2-7-5(9)3-8-6(4)10/h1-3H2,(H,7,9)(H,8,10). The smallest absolute Gasteiger partial charge is 0.248 e. The van der Waals surface area contributed by atoms with E-state index in [1.165, 1.54) is 0 Å². The molecule has 10 heavy (non-hydrogen) atoms. The summed E-state index contributed by atoms with van der Waals surface area (Å²) in [5, 5.41) is 4.90. The molecule has 2 amide bonds. The van der Waals surface area contributed by atoms with Crippen molar-refractivity contribution in [1.29, 1.82) is 0 Å². The SMILES string of the molecule is C=C1CNC(=O)CNC1=O. The second-order valence-electron chi connectivity index (χ2n) is 2.06. The average Bonchev–Trinajstić information content (AvgIpc) is 2.04. The number of carbonyl (C=O) groups excluding carboxylic acids is 2. The lowest BCUT2D eigenvalue weighted by molar-refractivity contribution is -0.122. The Hall–Kier alpha value is -1.32. The van der Waals surface area contributed by atoms with E-state index in [1.54, 1.807) is 0 Å². The van der Waals surface area contributed by atoms with Gasteiger partial charge in [-0.3, -0.25) is 9.59 Å². The number of hydrogen-bond acceptors (Lipinski definition) is 2. The Bertz CT molecular complexity index is 178. The zero-order valence-corrected chi connectivity index (χ0v) is 5.44. The van der Waals surface area contributed by atoms with Crippen LogP contribution in [0.5, 0.6) is 0 Å². The van der Waals surface area contributed by atoms with Crippen molar-refractivity contribution in [2.24, 2.45) is 0 Å². The van der Waals surface area contributed by atoms with Gasteiger partial charge < -0.3 is 10.6 Å². The topological polar surface area (TPSA) is 58.2 Å². The van der Waals surface area contributed by atoms with E-state index in [-0.39, 0.29) is 24.9 Å². The van der Waals surface area contributed by atoms with Crippen molar-refractivity contribution in [3.05, 3.63) is 12.2 Å². The van der Waals surface area contributed by atoms with Crippen molar-refractivity contribution in [3.63, 3.8) is 0 Å². The lowest BCUT2D eigenvalue weighted by Crippen LogP contribution is -2.30. The Morgan fingerprint density at radius 2 is 1.90 bits per heavy atom. The van der Waals surface area contributed by atoms with Gasteiger partial charge in [-0.1, -0.05) is 6.58 Å². The first-order valence-electron chi connectivity index (χ1n) is 2.93. The summed E-state index contributed by atoms with van der Waals surface area (Å²) >= 11 is 0. The quantitative estimate of drug-likeness (QED) is 0.415. The highest BCUT2D eigenvalue weighted by Crippen LogP contribution is 1.90. The minimum absolute atomic E-state index is 0.0534. The van der Waals surface area contributed by atoms with Crippen LogP contribution in [0, 0.1) is 0 Å². The summed E-state index contributed by atoms with van der Waals surface area (Å²) in [5.74, 6) is -0.426. The molecule has 2 N–H and O–H groups in total. The van der Waals surface area contributed by atoms with E-state index in [4.69, 9.17) is 0 Å². The first kappa shape index (κ1) is 6.80. The average molecular weight is 140 g/mol. The van der Waals surface area contributed by atoms with Gasteiger partial charge in [0.25, 0.3) is 0 Å². The number of hydrogen-bond donors (Lipinski definition) is 2. The fraction of sp³-hybridized carbons (Fsp3) is 0.333. The Kier molecular flexibility index (Phi) is 1.71. The summed E-state index contributed by atoms with van der Waals surface area (Å²) < 4.78 is 0. The zero-order chi connectivity index (χ0) is 7.56. The molecule has 0 radical (unpaired) electrons. The van der Waals surface area contributed by atoms with Crippen LogP contribution in [-0.4, -0.2) is 24.9 Å². The van der Waals surface area contributed by atoms with Crippen LogP contribution in [0.4, 0.5) is 0 Å². The molecule has 0 atom stereocenters. The third-order valence-electron chi connectivity index (χ3n) is 1.23. The maximum absolute atomic E-state index is 10.8. The molecule has 1 aliphatic heterocycles. The van der Waals surface area contributed by atoms with Gasteiger partial charge in [-0.15, -0.1) is 0 Å². The molecule has 0 unspecified atom stereocenters. The fourth-order valence-electron chi connectivity index (χ4n) is 0.634. The molecule has 0 spiro atoms. The van der Waals surface area contributed by atoms with Gasteiger partial charge in [0, 0.05) is 12.1 Å². The van der Waals surface area contributed by atoms with Crippen molar-refractivity contribution < 1.29 is 9.59 Å². The number of nitrogens with one attached hydrogen (secondary N) is 2. The van der Waals surface area contributed by atoms with Crippen LogP contribution in [0.15, 0.2) is 12.2 Å². The maximum atomic E-state index is 10.8. The molecular formula is C6H8N2O2. The van der Waals surface area contributed by atoms with Gasteiger partial charge in [0.2, 0.25) is 11.8 Å². The summed E-state index contributed by atoms with van der Waals surface area (Å²) in [5.41, 5.74) is 0.394. The molecule has 1 fully saturated rings. The molecule has 0 aromatic heterocycles. The Labute approximate surface area is 58.3 Å². The van der Waals surface area contributed by atoms with E-state index in [0.29, 0.717) is 5.57 Å². The molecule has 1 aliphatic rings. The first-order chi connectivity index (χ1) is 4.70. The molecule has 0 saturated carbocycles. The molecule has 1 heterocycles.